The van der Waals surface area contributed by atoms with Gasteiger partial charge in [0.2, 0.25) is 0 Å². The number of hydrogen-bond acceptors (Lipinski definition) is 6. The summed E-state index contributed by atoms with van der Waals surface area (Å²) < 4.78 is 36.2. The number of carbonyl (C=O) groups excluding carboxylic acids is 2. The fourth-order valence-electron chi connectivity index (χ4n) is 3.62. The minimum absolute atomic E-state index is 0.00330. The highest BCUT2D eigenvalue weighted by Crippen LogP contribution is 2.38. The lowest BCUT2D eigenvalue weighted by Gasteiger charge is -2.18. The van der Waals surface area contributed by atoms with Crippen LogP contribution in [0.5, 0.6) is 5.75 Å². The van der Waals surface area contributed by atoms with Gasteiger partial charge >= 0.3 is 5.97 Å². The van der Waals surface area contributed by atoms with E-state index in [-0.39, 0.29) is 32.8 Å². The Bertz CT molecular complexity index is 929. The van der Waals surface area contributed by atoms with Gasteiger partial charge in [-0.25, -0.2) is 13.2 Å². The molecule has 1 aromatic rings. The summed E-state index contributed by atoms with van der Waals surface area (Å²) in [6.07, 6.45) is 7.17. The molecule has 0 amide bonds. The molecule has 2 aliphatic rings. The Labute approximate surface area is 176 Å². The van der Waals surface area contributed by atoms with Crippen molar-refractivity contribution in [2.75, 3.05) is 12.4 Å². The van der Waals surface area contributed by atoms with Gasteiger partial charge in [0.1, 0.15) is 10.7 Å². The van der Waals surface area contributed by atoms with Crippen molar-refractivity contribution >= 4 is 33.2 Å². The van der Waals surface area contributed by atoms with Gasteiger partial charge in [-0.2, -0.15) is 0 Å². The van der Waals surface area contributed by atoms with Gasteiger partial charge in [0.15, 0.2) is 21.4 Å². The van der Waals surface area contributed by atoms with Gasteiger partial charge in [-0.05, 0) is 37.3 Å². The molecular weight excluding hydrogens is 416 g/mol. The van der Waals surface area contributed by atoms with Crippen molar-refractivity contribution in [1.82, 2.24) is 0 Å². The average Bonchev–Trinajstić information content (AvgIpc) is 3.20. The van der Waals surface area contributed by atoms with E-state index in [2.05, 4.69) is 0 Å². The SMILES string of the molecule is CCS(=O)(=O)c1ccc(C(=O)OC2=CC(=O)CCC2)c(Cl)c1OCC1CCCC1. The summed E-state index contributed by atoms with van der Waals surface area (Å²) in [6, 6.07) is 2.67. The van der Waals surface area contributed by atoms with Gasteiger partial charge in [-0.15, -0.1) is 0 Å². The maximum absolute atomic E-state index is 12.6. The Balaban J connectivity index is 1.90. The van der Waals surface area contributed by atoms with Crippen molar-refractivity contribution in [3.8, 4) is 5.75 Å². The number of rotatable bonds is 7. The summed E-state index contributed by atoms with van der Waals surface area (Å²) in [5.41, 5.74) is 0.0158. The number of ketones is 1. The van der Waals surface area contributed by atoms with E-state index in [9.17, 15) is 18.0 Å². The number of halogens is 1. The molecule has 0 aliphatic heterocycles. The van der Waals surface area contributed by atoms with Crippen LogP contribution in [0.3, 0.4) is 0 Å². The highest BCUT2D eigenvalue weighted by Gasteiger charge is 2.27. The molecule has 3 rings (SSSR count). The first kappa shape index (κ1) is 21.8. The van der Waals surface area contributed by atoms with Crippen LogP contribution in [-0.2, 0) is 19.4 Å². The molecule has 0 radical (unpaired) electrons. The normalized spacial score (nSPS) is 17.9. The van der Waals surface area contributed by atoms with Gasteiger partial charge < -0.3 is 9.47 Å². The fraction of sp³-hybridized carbons (Fsp3) is 0.524. The van der Waals surface area contributed by atoms with E-state index in [1.165, 1.54) is 18.2 Å². The summed E-state index contributed by atoms with van der Waals surface area (Å²) in [4.78, 5) is 24.1. The first-order chi connectivity index (χ1) is 13.8. The van der Waals surface area contributed by atoms with E-state index < -0.39 is 15.8 Å². The topological polar surface area (TPSA) is 86.7 Å². The molecule has 1 saturated carbocycles. The van der Waals surface area contributed by atoms with Crippen LogP contribution in [0, 0.1) is 5.92 Å². The molecule has 2 aliphatic carbocycles. The molecule has 0 unspecified atom stereocenters. The quantitative estimate of drug-likeness (QED) is 0.580. The number of hydrogen-bond donors (Lipinski definition) is 0. The smallest absolute Gasteiger partial charge is 0.344 e. The minimum atomic E-state index is -3.59. The van der Waals surface area contributed by atoms with Crippen LogP contribution in [0.15, 0.2) is 28.9 Å². The molecule has 0 heterocycles. The Morgan fingerprint density at radius 2 is 1.90 bits per heavy atom. The Kier molecular flexibility index (Phi) is 7.01. The molecule has 1 fully saturated rings. The predicted octanol–water partition coefficient (Wildman–Crippen LogP) is 4.50. The van der Waals surface area contributed by atoms with Crippen LogP contribution in [0.25, 0.3) is 0 Å². The van der Waals surface area contributed by atoms with E-state index >= 15 is 0 Å². The third kappa shape index (κ3) is 5.20. The van der Waals surface area contributed by atoms with E-state index in [1.807, 2.05) is 0 Å². The largest absolute Gasteiger partial charge is 0.490 e. The molecule has 0 N–H and O–H groups in total. The lowest BCUT2D eigenvalue weighted by Crippen LogP contribution is -2.15. The third-order valence-electron chi connectivity index (χ3n) is 5.33. The van der Waals surface area contributed by atoms with Crippen molar-refractivity contribution in [2.45, 2.75) is 56.8 Å². The summed E-state index contributed by atoms with van der Waals surface area (Å²) in [5.74, 6) is -0.291. The van der Waals surface area contributed by atoms with Gasteiger partial charge in [0, 0.05) is 18.9 Å². The maximum Gasteiger partial charge on any atom is 0.344 e. The maximum atomic E-state index is 12.6. The monoisotopic (exact) mass is 440 g/mol. The van der Waals surface area contributed by atoms with Crippen molar-refractivity contribution in [2.24, 2.45) is 5.92 Å². The second kappa shape index (κ2) is 9.30. The van der Waals surface area contributed by atoms with Crippen molar-refractivity contribution in [1.29, 1.82) is 0 Å². The minimum Gasteiger partial charge on any atom is -0.490 e. The summed E-state index contributed by atoms with van der Waals surface area (Å²) in [6.45, 7) is 1.89. The fourth-order valence-corrected chi connectivity index (χ4v) is 5.01. The van der Waals surface area contributed by atoms with E-state index in [0.717, 1.165) is 25.7 Å². The van der Waals surface area contributed by atoms with Crippen LogP contribution >= 0.6 is 11.6 Å². The predicted molar refractivity (Wildman–Crippen MR) is 109 cm³/mol. The number of benzene rings is 1. The number of carbonyl (C=O) groups is 2. The summed E-state index contributed by atoms with van der Waals surface area (Å²) in [5, 5.41) is -0.0785. The molecule has 0 saturated heterocycles. The molecule has 0 spiro atoms. The average molecular weight is 441 g/mol. The van der Waals surface area contributed by atoms with Gasteiger partial charge in [-0.3, -0.25) is 4.79 Å². The number of allylic oxidation sites excluding steroid dienone is 2. The number of ether oxygens (including phenoxy) is 2. The van der Waals surface area contributed by atoms with Gasteiger partial charge in [0.05, 0.1) is 22.9 Å². The summed E-state index contributed by atoms with van der Waals surface area (Å²) in [7, 11) is -3.59. The molecule has 0 atom stereocenters. The van der Waals surface area contributed by atoms with Crippen molar-refractivity contribution in [3.05, 3.63) is 34.6 Å². The van der Waals surface area contributed by atoms with Crippen molar-refractivity contribution in [3.63, 3.8) is 0 Å². The van der Waals surface area contributed by atoms with Gasteiger partial charge in [-0.1, -0.05) is 31.4 Å². The molecule has 0 aromatic heterocycles. The highest BCUT2D eigenvalue weighted by molar-refractivity contribution is 7.91. The molecular formula is C21H25ClO6S. The van der Waals surface area contributed by atoms with Crippen LogP contribution in [-0.4, -0.2) is 32.5 Å². The zero-order valence-corrected chi connectivity index (χ0v) is 18.0. The van der Waals surface area contributed by atoms with Crippen molar-refractivity contribution < 1.29 is 27.5 Å². The van der Waals surface area contributed by atoms with Crippen LogP contribution < -0.4 is 4.74 Å². The molecule has 158 valence electrons. The zero-order valence-electron chi connectivity index (χ0n) is 16.4. The molecule has 8 heteroatoms. The second-order valence-electron chi connectivity index (χ2n) is 7.44. The van der Waals surface area contributed by atoms with E-state index in [4.69, 9.17) is 21.1 Å². The summed E-state index contributed by atoms with van der Waals surface area (Å²) >= 11 is 6.43. The van der Waals surface area contributed by atoms with E-state index in [1.54, 1.807) is 6.92 Å². The number of sulfone groups is 1. The second-order valence-corrected chi connectivity index (χ2v) is 10.1. The Morgan fingerprint density at radius 3 is 2.55 bits per heavy atom. The number of esters is 1. The Morgan fingerprint density at radius 1 is 1.17 bits per heavy atom. The zero-order chi connectivity index (χ0) is 21.0. The highest BCUT2D eigenvalue weighted by atomic mass is 35.5. The van der Waals surface area contributed by atoms with Crippen LogP contribution in [0.2, 0.25) is 5.02 Å². The first-order valence-corrected chi connectivity index (χ1v) is 12.0. The standard InChI is InChI=1S/C21H25ClO6S/c1-2-29(25,26)18-11-10-17(21(24)28-16-9-5-8-15(23)12-16)19(22)20(18)27-13-14-6-3-4-7-14/h10-12,14H,2-9,13H2,1H3. The van der Waals surface area contributed by atoms with Crippen LogP contribution in [0.1, 0.15) is 62.2 Å². The molecule has 1 aromatic carbocycles. The van der Waals surface area contributed by atoms with Crippen LogP contribution in [0.4, 0.5) is 0 Å². The first-order valence-electron chi connectivity index (χ1n) is 9.95. The van der Waals surface area contributed by atoms with Gasteiger partial charge in [0.25, 0.3) is 0 Å². The Hall–Kier alpha value is -1.86. The third-order valence-corrected chi connectivity index (χ3v) is 7.45. The molecule has 6 nitrogen and oxygen atoms in total. The lowest BCUT2D eigenvalue weighted by atomic mass is 10.1. The molecule has 0 bridgehead atoms. The lowest BCUT2D eigenvalue weighted by molar-refractivity contribution is -0.115. The molecule has 29 heavy (non-hydrogen) atoms. The van der Waals surface area contributed by atoms with E-state index in [0.29, 0.717) is 37.5 Å².